The molecule has 1 aromatic carbocycles. The van der Waals surface area contributed by atoms with Gasteiger partial charge < -0.3 is 29.6 Å². The van der Waals surface area contributed by atoms with E-state index in [-0.39, 0.29) is 22.8 Å². The molecule has 0 fully saturated rings. The second kappa shape index (κ2) is 8.13. The summed E-state index contributed by atoms with van der Waals surface area (Å²) in [4.78, 5) is 37.2. The Morgan fingerprint density at radius 3 is 1.97 bits per heavy atom. The van der Waals surface area contributed by atoms with Gasteiger partial charge in [0.2, 0.25) is 11.3 Å². The fraction of sp³-hybridized carbons (Fsp3) is 0.389. The summed E-state index contributed by atoms with van der Waals surface area (Å²) in [5.74, 6) is -4.29. The molecule has 12 heteroatoms. The fourth-order valence-electron chi connectivity index (χ4n) is 3.04. The van der Waals surface area contributed by atoms with Gasteiger partial charge in [-0.15, -0.1) is 0 Å². The van der Waals surface area contributed by atoms with Gasteiger partial charge in [0.05, 0.1) is 28.4 Å². The maximum atomic E-state index is 14.1. The molecule has 2 N–H and O–H groups in total. The van der Waals surface area contributed by atoms with Crippen LogP contribution in [-0.4, -0.2) is 57.9 Å². The number of hydrogen-bond donors (Lipinski definition) is 2. The van der Waals surface area contributed by atoms with Crippen LogP contribution >= 0.6 is 0 Å². The van der Waals surface area contributed by atoms with Crippen LogP contribution in [0, 0.1) is 0 Å². The van der Waals surface area contributed by atoms with E-state index in [1.54, 1.807) is 5.32 Å². The highest BCUT2D eigenvalue weighted by Gasteiger charge is 2.69. The van der Waals surface area contributed by atoms with Crippen LogP contribution in [0.15, 0.2) is 23.4 Å². The van der Waals surface area contributed by atoms with Gasteiger partial charge in [0, 0.05) is 11.3 Å². The third-order valence-electron chi connectivity index (χ3n) is 4.43. The molecule has 0 spiro atoms. The minimum absolute atomic E-state index is 0.00107. The van der Waals surface area contributed by atoms with E-state index in [0.29, 0.717) is 0 Å². The minimum atomic E-state index is -5.37. The predicted octanol–water partition coefficient (Wildman–Crippen LogP) is 1.32. The third-order valence-corrected chi connectivity index (χ3v) is 4.43. The molecular weight excluding hydrogens is 413 g/mol. The molecule has 0 saturated carbocycles. The Hall–Kier alpha value is -3.44. The van der Waals surface area contributed by atoms with Crippen molar-refractivity contribution in [2.45, 2.75) is 18.6 Å². The third kappa shape index (κ3) is 3.48. The topological polar surface area (TPSA) is 112 Å². The molecule has 0 unspecified atom stereocenters. The average Bonchev–Trinajstić information content (AvgIpc) is 2.96. The highest BCUT2D eigenvalue weighted by Crippen LogP contribution is 2.42. The lowest BCUT2D eigenvalue weighted by Gasteiger charge is -2.31. The molecule has 1 aliphatic heterocycles. The van der Waals surface area contributed by atoms with Crippen molar-refractivity contribution in [1.82, 2.24) is 10.6 Å². The van der Waals surface area contributed by atoms with Crippen molar-refractivity contribution in [2.75, 3.05) is 28.4 Å². The second-order valence-electron chi connectivity index (χ2n) is 6.06. The first-order valence-corrected chi connectivity index (χ1v) is 8.28. The van der Waals surface area contributed by atoms with Crippen LogP contribution in [0.2, 0.25) is 0 Å². The summed E-state index contributed by atoms with van der Waals surface area (Å²) in [5, 5.41) is 3.58. The summed E-state index contributed by atoms with van der Waals surface area (Å²) in [5.41, 5.74) is -5.45. The van der Waals surface area contributed by atoms with Gasteiger partial charge in [-0.05, 0) is 19.1 Å². The fourth-order valence-corrected chi connectivity index (χ4v) is 3.04. The number of esters is 1. The molecule has 1 aliphatic rings. The Morgan fingerprint density at radius 2 is 1.57 bits per heavy atom. The quantitative estimate of drug-likeness (QED) is 0.652. The summed E-state index contributed by atoms with van der Waals surface area (Å²) in [7, 11) is 4.66. The molecular formula is C18H19F3N2O7. The SMILES string of the molecule is COC(=O)C1=C(C)NC(=O)[C@]1(NC(=O)c1cc(OC)c(OC)c(OC)c1)C(F)(F)F. The van der Waals surface area contributed by atoms with E-state index in [0.717, 1.165) is 26.2 Å². The smallest absolute Gasteiger partial charge is 0.425 e. The highest BCUT2D eigenvalue weighted by atomic mass is 19.4. The van der Waals surface area contributed by atoms with Gasteiger partial charge in [-0.25, -0.2) is 4.79 Å². The van der Waals surface area contributed by atoms with Gasteiger partial charge in [0.1, 0.15) is 5.57 Å². The van der Waals surface area contributed by atoms with Crippen LogP contribution in [0.1, 0.15) is 17.3 Å². The first-order valence-electron chi connectivity index (χ1n) is 8.28. The monoisotopic (exact) mass is 432 g/mol. The number of amides is 2. The van der Waals surface area contributed by atoms with Gasteiger partial charge in [0.25, 0.3) is 11.8 Å². The van der Waals surface area contributed by atoms with Crippen molar-refractivity contribution in [1.29, 1.82) is 0 Å². The van der Waals surface area contributed by atoms with Crippen molar-refractivity contribution >= 4 is 17.8 Å². The first kappa shape index (κ1) is 22.8. The lowest BCUT2D eigenvalue weighted by Crippen LogP contribution is -2.66. The number of carbonyl (C=O) groups excluding carboxylic acids is 3. The lowest BCUT2D eigenvalue weighted by atomic mass is 9.88. The molecule has 0 saturated heterocycles. The molecule has 0 aromatic heterocycles. The molecule has 2 rings (SSSR count). The first-order chi connectivity index (χ1) is 14.0. The maximum Gasteiger partial charge on any atom is 0.425 e. The normalized spacial score (nSPS) is 18.6. The van der Waals surface area contributed by atoms with Crippen molar-refractivity contribution < 1.29 is 46.5 Å². The average molecular weight is 432 g/mol. The van der Waals surface area contributed by atoms with Gasteiger partial charge >= 0.3 is 12.1 Å². The zero-order chi connectivity index (χ0) is 22.9. The molecule has 9 nitrogen and oxygen atoms in total. The van der Waals surface area contributed by atoms with E-state index in [1.165, 1.54) is 21.3 Å². The number of nitrogens with one attached hydrogen (secondary N) is 2. The van der Waals surface area contributed by atoms with Crippen molar-refractivity contribution in [3.8, 4) is 17.2 Å². The number of hydrogen-bond acceptors (Lipinski definition) is 7. The summed E-state index contributed by atoms with van der Waals surface area (Å²) in [6.07, 6.45) is -5.37. The van der Waals surface area contributed by atoms with Gasteiger partial charge in [0.15, 0.2) is 11.5 Å². The van der Waals surface area contributed by atoms with Gasteiger partial charge in [-0.2, -0.15) is 13.2 Å². The summed E-state index contributed by atoms with van der Waals surface area (Å²) in [6, 6.07) is 2.20. The number of halogens is 3. The Balaban J connectivity index is 2.63. The Bertz CT molecular complexity index is 902. The van der Waals surface area contributed by atoms with E-state index in [9.17, 15) is 27.6 Å². The van der Waals surface area contributed by atoms with Crippen molar-refractivity contribution in [3.05, 3.63) is 29.0 Å². The molecule has 0 aliphatic carbocycles. The van der Waals surface area contributed by atoms with Crippen LogP contribution < -0.4 is 24.8 Å². The minimum Gasteiger partial charge on any atom is -0.493 e. The lowest BCUT2D eigenvalue weighted by molar-refractivity contribution is -0.188. The van der Waals surface area contributed by atoms with E-state index in [1.807, 2.05) is 5.32 Å². The van der Waals surface area contributed by atoms with E-state index in [4.69, 9.17) is 14.2 Å². The van der Waals surface area contributed by atoms with E-state index >= 15 is 0 Å². The molecule has 30 heavy (non-hydrogen) atoms. The summed E-state index contributed by atoms with van der Waals surface area (Å²) >= 11 is 0. The number of ether oxygens (including phenoxy) is 4. The summed E-state index contributed by atoms with van der Waals surface area (Å²) < 4.78 is 61.9. The number of benzene rings is 1. The molecule has 0 radical (unpaired) electrons. The van der Waals surface area contributed by atoms with Crippen LogP contribution in [0.3, 0.4) is 0 Å². The molecule has 1 heterocycles. The molecule has 1 aromatic rings. The van der Waals surface area contributed by atoms with Gasteiger partial charge in [-0.3, -0.25) is 9.59 Å². The van der Waals surface area contributed by atoms with Gasteiger partial charge in [-0.1, -0.05) is 0 Å². The predicted molar refractivity (Wildman–Crippen MR) is 95.2 cm³/mol. The van der Waals surface area contributed by atoms with Crippen LogP contribution in [-0.2, 0) is 14.3 Å². The Morgan fingerprint density at radius 1 is 1.03 bits per heavy atom. The number of alkyl halides is 3. The Kier molecular flexibility index (Phi) is 6.19. The number of carbonyl (C=O) groups is 3. The van der Waals surface area contributed by atoms with E-state index in [2.05, 4.69) is 4.74 Å². The number of allylic oxidation sites excluding steroid dienone is 1. The summed E-state index contributed by atoms with van der Waals surface area (Å²) in [6.45, 7) is 1.09. The molecule has 2 amide bonds. The van der Waals surface area contributed by atoms with Crippen molar-refractivity contribution in [2.24, 2.45) is 0 Å². The Labute approximate surface area is 169 Å². The van der Waals surface area contributed by atoms with Crippen molar-refractivity contribution in [3.63, 3.8) is 0 Å². The second-order valence-corrected chi connectivity index (χ2v) is 6.06. The van der Waals surface area contributed by atoms with Crippen LogP contribution in [0.25, 0.3) is 0 Å². The number of rotatable bonds is 6. The molecule has 164 valence electrons. The highest BCUT2D eigenvalue weighted by molar-refractivity contribution is 6.11. The van der Waals surface area contributed by atoms with Crippen LogP contribution in [0.4, 0.5) is 13.2 Å². The largest absolute Gasteiger partial charge is 0.493 e. The zero-order valence-electron chi connectivity index (χ0n) is 16.6. The maximum absolute atomic E-state index is 14.1. The zero-order valence-corrected chi connectivity index (χ0v) is 16.6. The standard InChI is InChI=1S/C18H19F3N2O7/c1-8-12(15(25)30-5)17(16(26)22-8,18(19,20)21)23-14(24)9-6-10(27-2)13(29-4)11(7-9)28-3/h6-7H,1-5H3,(H,22,26)(H,23,24)/t17-/m0/s1. The number of methoxy groups -OCH3 is 4. The van der Waals surface area contributed by atoms with E-state index < -0.39 is 40.8 Å². The van der Waals surface area contributed by atoms with Crippen LogP contribution in [0.5, 0.6) is 17.2 Å². The molecule has 0 bridgehead atoms. The molecule has 1 atom stereocenters.